The van der Waals surface area contributed by atoms with Gasteiger partial charge in [0, 0.05) is 11.6 Å². The quantitative estimate of drug-likeness (QED) is 0.696. The lowest BCUT2D eigenvalue weighted by Gasteiger charge is -2.08. The Balaban J connectivity index is 2.11. The molecule has 3 aromatic rings. The van der Waals surface area contributed by atoms with Crippen LogP contribution in [-0.4, -0.2) is 24.3 Å². The van der Waals surface area contributed by atoms with Crippen molar-refractivity contribution in [2.24, 2.45) is 0 Å². The first-order valence-electron chi connectivity index (χ1n) is 6.30. The Kier molecular flexibility index (Phi) is 3.63. The molecule has 1 aromatic carbocycles. The summed E-state index contributed by atoms with van der Waals surface area (Å²) in [4.78, 5) is 4.52. The van der Waals surface area contributed by atoms with Gasteiger partial charge in [-0.25, -0.2) is 4.98 Å². The Morgan fingerprint density at radius 2 is 2.10 bits per heavy atom. The van der Waals surface area contributed by atoms with Gasteiger partial charge in [-0.2, -0.15) is 0 Å². The van der Waals surface area contributed by atoms with E-state index in [0.29, 0.717) is 17.4 Å². The number of aryl methyl sites for hydroxylation is 1. The molecule has 0 aliphatic rings. The maximum absolute atomic E-state index is 6.08. The van der Waals surface area contributed by atoms with Gasteiger partial charge in [-0.3, -0.25) is 0 Å². The van der Waals surface area contributed by atoms with Crippen molar-refractivity contribution in [2.75, 3.05) is 0 Å². The van der Waals surface area contributed by atoms with E-state index in [-0.39, 0.29) is 0 Å². The normalized spacial score (nSPS) is 11.3. The minimum Gasteiger partial charge on any atom is -0.319 e. The van der Waals surface area contributed by atoms with Gasteiger partial charge in [0.05, 0.1) is 23.5 Å². The average molecular weight is 310 g/mol. The van der Waals surface area contributed by atoms with E-state index in [9.17, 15) is 0 Å². The van der Waals surface area contributed by atoms with Gasteiger partial charge >= 0.3 is 0 Å². The molecule has 3 rings (SSSR count). The first-order chi connectivity index (χ1) is 9.72. The maximum atomic E-state index is 6.08. The van der Waals surface area contributed by atoms with Crippen molar-refractivity contribution in [3.05, 3.63) is 41.2 Å². The number of benzene rings is 1. The zero-order valence-electron chi connectivity index (χ0n) is 10.9. The van der Waals surface area contributed by atoms with Crippen LogP contribution in [0.3, 0.4) is 0 Å². The van der Waals surface area contributed by atoms with Crippen molar-refractivity contribution in [1.82, 2.24) is 24.3 Å². The van der Waals surface area contributed by atoms with E-state index in [2.05, 4.69) is 22.1 Å². The summed E-state index contributed by atoms with van der Waals surface area (Å²) in [5, 5.41) is 8.78. The summed E-state index contributed by atoms with van der Waals surface area (Å²) in [7, 11) is 0. The van der Waals surface area contributed by atoms with Crippen LogP contribution in [0, 0.1) is 0 Å². The fourth-order valence-electron chi connectivity index (χ4n) is 2.23. The molecule has 5 nitrogen and oxygen atoms in total. The molecule has 0 saturated carbocycles. The topological polar surface area (TPSA) is 48.5 Å². The molecule has 0 aliphatic heterocycles. The second-order valence-corrected chi connectivity index (χ2v) is 5.12. The Morgan fingerprint density at radius 3 is 2.85 bits per heavy atom. The molecule has 0 radical (unpaired) electrons. The van der Waals surface area contributed by atoms with Gasteiger partial charge in [-0.05, 0) is 25.1 Å². The van der Waals surface area contributed by atoms with Gasteiger partial charge in [0.2, 0.25) is 0 Å². The third kappa shape index (κ3) is 2.27. The SMILES string of the molecule is CCn1cnnc1Cn1c(CCl)nc2ccc(Cl)cc21. The van der Waals surface area contributed by atoms with E-state index in [1.807, 2.05) is 27.3 Å². The van der Waals surface area contributed by atoms with Crippen LogP contribution in [0.4, 0.5) is 0 Å². The molecule has 0 N–H and O–H groups in total. The number of nitrogens with zero attached hydrogens (tertiary/aromatic N) is 5. The number of rotatable bonds is 4. The second kappa shape index (κ2) is 5.42. The number of hydrogen-bond acceptors (Lipinski definition) is 3. The fraction of sp³-hybridized carbons (Fsp3) is 0.308. The first-order valence-corrected chi connectivity index (χ1v) is 7.21. The van der Waals surface area contributed by atoms with Gasteiger partial charge < -0.3 is 9.13 Å². The minimum atomic E-state index is 0.340. The van der Waals surface area contributed by atoms with E-state index < -0.39 is 0 Å². The van der Waals surface area contributed by atoms with Gasteiger partial charge in [-0.1, -0.05) is 11.6 Å². The van der Waals surface area contributed by atoms with Crippen LogP contribution < -0.4 is 0 Å². The molecular formula is C13H13Cl2N5. The standard InChI is InChI=1S/C13H13Cl2N5/c1-2-19-8-16-18-13(19)7-20-11-5-9(15)3-4-10(11)17-12(20)6-14/h3-5,8H,2,6-7H2,1H3. The van der Waals surface area contributed by atoms with Crippen LogP contribution in [0.25, 0.3) is 11.0 Å². The lowest BCUT2D eigenvalue weighted by Crippen LogP contribution is -2.09. The molecule has 7 heteroatoms. The zero-order valence-corrected chi connectivity index (χ0v) is 12.4. The summed E-state index contributed by atoms with van der Waals surface area (Å²) in [5.74, 6) is 2.01. The molecule has 0 spiro atoms. The van der Waals surface area contributed by atoms with Gasteiger partial charge in [0.15, 0.2) is 5.82 Å². The summed E-state index contributed by atoms with van der Waals surface area (Å²) in [5.41, 5.74) is 1.84. The predicted molar refractivity (Wildman–Crippen MR) is 79.1 cm³/mol. The molecule has 0 amide bonds. The van der Waals surface area contributed by atoms with Crippen LogP contribution >= 0.6 is 23.2 Å². The van der Waals surface area contributed by atoms with E-state index in [1.165, 1.54) is 0 Å². The molecule has 0 bridgehead atoms. The smallest absolute Gasteiger partial charge is 0.152 e. The predicted octanol–water partition coefficient (Wildman–Crippen LogP) is 3.09. The molecule has 2 heterocycles. The largest absolute Gasteiger partial charge is 0.319 e. The molecule has 0 atom stereocenters. The highest BCUT2D eigenvalue weighted by Crippen LogP contribution is 2.22. The number of aromatic nitrogens is 5. The first kappa shape index (κ1) is 13.4. The van der Waals surface area contributed by atoms with Crippen LogP contribution in [0.5, 0.6) is 0 Å². The van der Waals surface area contributed by atoms with Crippen LogP contribution in [0.1, 0.15) is 18.6 Å². The van der Waals surface area contributed by atoms with E-state index >= 15 is 0 Å². The lowest BCUT2D eigenvalue weighted by atomic mass is 10.3. The summed E-state index contributed by atoms with van der Waals surface area (Å²) >= 11 is 12.1. The minimum absolute atomic E-state index is 0.340. The molecule has 0 unspecified atom stereocenters. The molecule has 20 heavy (non-hydrogen) atoms. The highest BCUT2D eigenvalue weighted by molar-refractivity contribution is 6.31. The van der Waals surface area contributed by atoms with Gasteiger partial charge in [0.25, 0.3) is 0 Å². The molecule has 2 aromatic heterocycles. The fourth-order valence-corrected chi connectivity index (χ4v) is 2.60. The van der Waals surface area contributed by atoms with E-state index in [4.69, 9.17) is 23.2 Å². The van der Waals surface area contributed by atoms with Crippen molar-refractivity contribution >= 4 is 34.2 Å². The Hall–Kier alpha value is -1.59. The number of halogens is 2. The number of hydrogen-bond donors (Lipinski definition) is 0. The van der Waals surface area contributed by atoms with Crippen LogP contribution in [0.2, 0.25) is 5.02 Å². The molecule has 104 valence electrons. The summed E-state index contributed by atoms with van der Waals surface area (Å²) in [6.45, 7) is 3.46. The van der Waals surface area contributed by atoms with Crippen molar-refractivity contribution in [3.63, 3.8) is 0 Å². The van der Waals surface area contributed by atoms with E-state index in [0.717, 1.165) is 29.2 Å². The van der Waals surface area contributed by atoms with Gasteiger partial charge in [-0.15, -0.1) is 21.8 Å². The third-order valence-electron chi connectivity index (χ3n) is 3.24. The van der Waals surface area contributed by atoms with Crippen LogP contribution in [-0.2, 0) is 19.0 Å². The second-order valence-electron chi connectivity index (χ2n) is 4.41. The Morgan fingerprint density at radius 1 is 1.25 bits per heavy atom. The van der Waals surface area contributed by atoms with E-state index in [1.54, 1.807) is 6.33 Å². The number of fused-ring (bicyclic) bond motifs is 1. The highest BCUT2D eigenvalue weighted by Gasteiger charge is 2.13. The molecule has 0 aliphatic carbocycles. The number of imidazole rings is 1. The van der Waals surface area contributed by atoms with Crippen molar-refractivity contribution in [1.29, 1.82) is 0 Å². The highest BCUT2D eigenvalue weighted by atomic mass is 35.5. The van der Waals surface area contributed by atoms with Gasteiger partial charge in [0.1, 0.15) is 12.2 Å². The lowest BCUT2D eigenvalue weighted by molar-refractivity contribution is 0.648. The third-order valence-corrected chi connectivity index (χ3v) is 3.72. The maximum Gasteiger partial charge on any atom is 0.152 e. The summed E-state index contributed by atoms with van der Waals surface area (Å²) in [6.07, 6.45) is 1.72. The Bertz CT molecular complexity index is 746. The molecular weight excluding hydrogens is 297 g/mol. The summed E-state index contributed by atoms with van der Waals surface area (Å²) in [6, 6.07) is 5.62. The summed E-state index contributed by atoms with van der Waals surface area (Å²) < 4.78 is 4.03. The van der Waals surface area contributed by atoms with Crippen molar-refractivity contribution in [3.8, 4) is 0 Å². The van der Waals surface area contributed by atoms with Crippen molar-refractivity contribution in [2.45, 2.75) is 25.9 Å². The molecule has 0 fully saturated rings. The molecule has 0 saturated heterocycles. The number of alkyl halides is 1. The monoisotopic (exact) mass is 309 g/mol. The van der Waals surface area contributed by atoms with Crippen LogP contribution in [0.15, 0.2) is 24.5 Å². The van der Waals surface area contributed by atoms with Crippen molar-refractivity contribution < 1.29 is 0 Å². The Labute approximate surface area is 126 Å². The average Bonchev–Trinajstić information content (AvgIpc) is 3.04. The zero-order chi connectivity index (χ0) is 14.1.